The lowest BCUT2D eigenvalue weighted by atomic mass is 9.83. The molecule has 1 aromatic rings. The minimum Gasteiger partial charge on any atom is -1.00 e. The highest BCUT2D eigenvalue weighted by Gasteiger charge is 2.49. The van der Waals surface area contributed by atoms with Crippen molar-refractivity contribution in [2.24, 2.45) is 5.92 Å². The highest BCUT2D eigenvalue weighted by atomic mass is 79.9. The van der Waals surface area contributed by atoms with E-state index in [9.17, 15) is 9.90 Å². The second-order valence-electron chi connectivity index (χ2n) is 7.05. The van der Waals surface area contributed by atoms with Crippen LogP contribution in [0.5, 0.6) is 0 Å². The standard InChI is InChI=1S/C19H26NO3S.BrH/c1-3-9-19(22,17-6-5-13-24-17)18(21)23-16-14-20(10-4-2)11-7-15(16)8-12-20;/h3-6,13,15-16,22H,1-2,7-12,14H2;1H/q+1;/p-1/t15?,16-,19?,20?;/m0./s1. The maximum absolute atomic E-state index is 12.8. The van der Waals surface area contributed by atoms with E-state index >= 15 is 0 Å². The Morgan fingerprint density at radius 2 is 2.12 bits per heavy atom. The molecule has 138 valence electrons. The first-order chi connectivity index (χ1) is 11.5. The van der Waals surface area contributed by atoms with Gasteiger partial charge in [-0.05, 0) is 17.5 Å². The summed E-state index contributed by atoms with van der Waals surface area (Å²) in [7, 11) is 0. The average Bonchev–Trinajstić information content (AvgIpc) is 3.11. The zero-order chi connectivity index (χ0) is 17.2. The molecule has 1 unspecified atom stereocenters. The Labute approximate surface area is 164 Å². The summed E-state index contributed by atoms with van der Waals surface area (Å²) in [6, 6.07) is 3.61. The quantitative estimate of drug-likeness (QED) is 0.374. The van der Waals surface area contributed by atoms with Gasteiger partial charge >= 0.3 is 5.97 Å². The average molecular weight is 428 g/mol. The van der Waals surface area contributed by atoms with Crippen LogP contribution in [0.15, 0.2) is 42.8 Å². The second kappa shape index (κ2) is 8.16. The molecule has 3 fully saturated rings. The van der Waals surface area contributed by atoms with Crippen molar-refractivity contribution in [3.8, 4) is 0 Å². The van der Waals surface area contributed by atoms with Gasteiger partial charge in [-0.2, -0.15) is 0 Å². The fraction of sp³-hybridized carbons (Fsp3) is 0.526. The first-order valence-corrected chi connectivity index (χ1v) is 9.45. The van der Waals surface area contributed by atoms with Crippen LogP contribution in [0.4, 0.5) is 0 Å². The summed E-state index contributed by atoms with van der Waals surface area (Å²) < 4.78 is 6.81. The number of nitrogens with zero attached hydrogens (tertiary/aromatic N) is 1. The van der Waals surface area contributed by atoms with Crippen molar-refractivity contribution in [3.05, 3.63) is 47.7 Å². The topological polar surface area (TPSA) is 46.5 Å². The van der Waals surface area contributed by atoms with Gasteiger partial charge in [-0.15, -0.1) is 17.9 Å². The van der Waals surface area contributed by atoms with Crippen molar-refractivity contribution >= 4 is 17.3 Å². The Morgan fingerprint density at radius 1 is 1.40 bits per heavy atom. The molecule has 3 saturated heterocycles. The van der Waals surface area contributed by atoms with E-state index in [0.717, 1.165) is 43.5 Å². The largest absolute Gasteiger partial charge is 1.00 e. The van der Waals surface area contributed by atoms with E-state index in [0.29, 0.717) is 10.8 Å². The maximum Gasteiger partial charge on any atom is 0.344 e. The van der Waals surface area contributed by atoms with E-state index in [4.69, 9.17) is 4.74 Å². The van der Waals surface area contributed by atoms with Gasteiger partial charge in [-0.3, -0.25) is 0 Å². The number of esters is 1. The molecule has 0 aliphatic carbocycles. The molecule has 1 N–H and O–H groups in total. The van der Waals surface area contributed by atoms with Gasteiger partial charge in [0.1, 0.15) is 6.54 Å². The monoisotopic (exact) mass is 427 g/mol. The molecule has 4 nitrogen and oxygen atoms in total. The van der Waals surface area contributed by atoms with Crippen LogP contribution >= 0.6 is 11.3 Å². The van der Waals surface area contributed by atoms with Crippen LogP contribution in [0.2, 0.25) is 0 Å². The van der Waals surface area contributed by atoms with Gasteiger partial charge in [0, 0.05) is 30.1 Å². The summed E-state index contributed by atoms with van der Waals surface area (Å²) in [4.78, 5) is 13.4. The van der Waals surface area contributed by atoms with Crippen molar-refractivity contribution in [2.75, 3.05) is 26.2 Å². The molecule has 1 aromatic heterocycles. The van der Waals surface area contributed by atoms with Crippen LogP contribution in [0.3, 0.4) is 0 Å². The number of thiophene rings is 1. The van der Waals surface area contributed by atoms with Crippen LogP contribution in [0.1, 0.15) is 24.1 Å². The molecule has 0 aromatic carbocycles. The number of carbonyl (C=O) groups is 1. The highest BCUT2D eigenvalue weighted by molar-refractivity contribution is 7.10. The summed E-state index contributed by atoms with van der Waals surface area (Å²) in [6.07, 6.45) is 5.73. The third-order valence-electron chi connectivity index (χ3n) is 5.52. The Balaban J connectivity index is 0.00000225. The van der Waals surface area contributed by atoms with E-state index in [2.05, 4.69) is 13.2 Å². The molecule has 4 heterocycles. The number of ether oxygens (including phenoxy) is 1. The fourth-order valence-electron chi connectivity index (χ4n) is 4.13. The minimum absolute atomic E-state index is 0. The van der Waals surface area contributed by atoms with Crippen LogP contribution in [-0.2, 0) is 15.1 Å². The zero-order valence-electron chi connectivity index (χ0n) is 14.4. The van der Waals surface area contributed by atoms with Crippen LogP contribution in [0, 0.1) is 5.92 Å². The number of hydrogen-bond donors (Lipinski definition) is 1. The number of halogens is 1. The van der Waals surface area contributed by atoms with Crippen molar-refractivity contribution in [3.63, 3.8) is 0 Å². The van der Waals surface area contributed by atoms with Gasteiger partial charge < -0.3 is 31.3 Å². The van der Waals surface area contributed by atoms with Crippen LogP contribution in [0.25, 0.3) is 0 Å². The number of rotatable bonds is 7. The summed E-state index contributed by atoms with van der Waals surface area (Å²) in [5.74, 6) is -0.129. The van der Waals surface area contributed by atoms with Crippen molar-refractivity contribution in [1.82, 2.24) is 0 Å². The number of carbonyl (C=O) groups excluding carboxylic acids is 1. The van der Waals surface area contributed by atoms with Gasteiger partial charge in [0.05, 0.1) is 19.6 Å². The molecule has 25 heavy (non-hydrogen) atoms. The van der Waals surface area contributed by atoms with Gasteiger partial charge in [-0.1, -0.05) is 18.7 Å². The number of fused-ring (bicyclic) bond motifs is 3. The number of quaternary nitrogens is 1. The molecule has 3 aliphatic heterocycles. The van der Waals surface area contributed by atoms with Gasteiger partial charge in [0.2, 0.25) is 0 Å². The van der Waals surface area contributed by atoms with E-state index in [1.54, 1.807) is 12.1 Å². The molecular weight excluding hydrogens is 402 g/mol. The molecule has 4 rings (SSSR count). The Bertz CT molecular complexity index is 610. The lowest BCUT2D eigenvalue weighted by Gasteiger charge is -2.51. The Morgan fingerprint density at radius 3 is 2.68 bits per heavy atom. The molecule has 0 spiro atoms. The molecule has 2 atom stereocenters. The molecular formula is C19H26BrNO3S. The highest BCUT2D eigenvalue weighted by Crippen LogP contribution is 2.38. The SMILES string of the molecule is C=CCC(O)(C(=O)O[C@H]1C[N+]2(CC=C)CCC1CC2)c1cccs1.[Br-]. The first kappa shape index (κ1) is 20.4. The van der Waals surface area contributed by atoms with Crippen molar-refractivity contribution in [1.29, 1.82) is 0 Å². The number of aliphatic hydroxyl groups is 1. The first-order valence-electron chi connectivity index (χ1n) is 8.57. The summed E-state index contributed by atoms with van der Waals surface area (Å²) in [5, 5.41) is 12.8. The lowest BCUT2D eigenvalue weighted by Crippen LogP contribution is -3.00. The predicted molar refractivity (Wildman–Crippen MR) is 95.6 cm³/mol. The van der Waals surface area contributed by atoms with E-state index in [-0.39, 0.29) is 29.5 Å². The van der Waals surface area contributed by atoms with Gasteiger partial charge in [0.15, 0.2) is 11.7 Å². The number of piperidine rings is 3. The van der Waals surface area contributed by atoms with Gasteiger partial charge in [0.25, 0.3) is 0 Å². The minimum atomic E-state index is -1.62. The summed E-state index contributed by atoms with van der Waals surface area (Å²) >= 11 is 1.37. The smallest absolute Gasteiger partial charge is 0.344 e. The summed E-state index contributed by atoms with van der Waals surface area (Å²) in [6.45, 7) is 11.6. The third-order valence-corrected chi connectivity index (χ3v) is 6.54. The lowest BCUT2D eigenvalue weighted by molar-refractivity contribution is -0.941. The zero-order valence-corrected chi connectivity index (χ0v) is 16.8. The van der Waals surface area contributed by atoms with Crippen LogP contribution < -0.4 is 17.0 Å². The molecule has 6 heteroatoms. The Hall–Kier alpha value is -0.950. The third kappa shape index (κ3) is 3.92. The second-order valence-corrected chi connectivity index (χ2v) is 8.00. The molecule has 2 bridgehead atoms. The van der Waals surface area contributed by atoms with Crippen LogP contribution in [-0.4, -0.2) is 47.8 Å². The normalized spacial score (nSPS) is 30.0. The van der Waals surface area contributed by atoms with E-state index in [1.165, 1.54) is 11.3 Å². The number of hydrogen-bond acceptors (Lipinski definition) is 4. The molecule has 0 radical (unpaired) electrons. The van der Waals surface area contributed by atoms with E-state index < -0.39 is 11.6 Å². The fourth-order valence-corrected chi connectivity index (χ4v) is 4.95. The predicted octanol–water partition coefficient (Wildman–Crippen LogP) is -0.146. The maximum atomic E-state index is 12.8. The van der Waals surface area contributed by atoms with Crippen molar-refractivity contribution in [2.45, 2.75) is 31.0 Å². The molecule has 0 saturated carbocycles. The summed E-state index contributed by atoms with van der Waals surface area (Å²) in [5.41, 5.74) is -1.62. The molecule has 0 amide bonds. The van der Waals surface area contributed by atoms with E-state index in [1.807, 2.05) is 17.5 Å². The van der Waals surface area contributed by atoms with Gasteiger partial charge in [-0.25, -0.2) is 4.79 Å². The molecule has 3 aliphatic rings. The van der Waals surface area contributed by atoms with Crippen molar-refractivity contribution < 1.29 is 36.1 Å². The Kier molecular flexibility index (Phi) is 6.65.